The third-order valence-corrected chi connectivity index (χ3v) is 13.7. The zero-order valence-corrected chi connectivity index (χ0v) is 37.6. The summed E-state index contributed by atoms with van der Waals surface area (Å²) in [7, 11) is 1.67. The number of fused-ring (bicyclic) bond motifs is 2. The molecule has 0 bridgehead atoms. The number of anilines is 1. The van der Waals surface area contributed by atoms with Crippen LogP contribution in [-0.4, -0.2) is 119 Å². The number of carbonyl (C=O) groups is 4. The van der Waals surface area contributed by atoms with E-state index in [9.17, 15) is 42.3 Å². The van der Waals surface area contributed by atoms with Crippen LogP contribution in [0.25, 0.3) is 11.2 Å². The van der Waals surface area contributed by atoms with E-state index in [-0.39, 0.29) is 53.8 Å². The first-order valence-corrected chi connectivity index (χ1v) is 22.9. The topological polar surface area (TPSA) is 180 Å². The van der Waals surface area contributed by atoms with E-state index in [0.717, 1.165) is 31.8 Å². The highest BCUT2D eigenvalue weighted by Gasteiger charge is 2.40. The van der Waals surface area contributed by atoms with E-state index < -0.39 is 35.5 Å². The Morgan fingerprint density at radius 2 is 1.65 bits per heavy atom. The number of nitrogens with zero attached hydrogens (tertiary/aromatic N) is 9. The van der Waals surface area contributed by atoms with E-state index in [1.807, 2.05) is 34.1 Å². The number of piperazine rings is 1. The SMILES string of the molecule is Cn1cnnc1[C@H](O)c1cccc(-n2cc3c(C(F)(F)F)cc(CN4CCC(OCc5ccc(C(=O)N6CCN(c7ccc8c(c7)CN(C7CCC(=O)NC7=O)C8=O)CC6)cc5)CC4)cn3c2=O)c1. The molecule has 2 atom stereocenters. The summed E-state index contributed by atoms with van der Waals surface area (Å²) in [6, 6.07) is 19.8. The molecule has 69 heavy (non-hydrogen) atoms. The molecule has 0 spiro atoms. The number of hydrogen-bond acceptors (Lipinski definition) is 11. The lowest BCUT2D eigenvalue weighted by atomic mass is 10.0. The molecule has 10 rings (SSSR count). The van der Waals surface area contributed by atoms with Crippen molar-refractivity contribution in [1.29, 1.82) is 0 Å². The molecule has 1 unspecified atom stereocenters. The Hall–Kier alpha value is -7.16. The Kier molecular flexibility index (Phi) is 12.2. The molecule has 3 aromatic heterocycles. The van der Waals surface area contributed by atoms with E-state index in [2.05, 4.69) is 20.4 Å². The zero-order valence-electron chi connectivity index (χ0n) is 37.6. The van der Waals surface area contributed by atoms with Crippen molar-refractivity contribution in [3.63, 3.8) is 0 Å². The molecule has 4 amide bonds. The standard InChI is InChI=1S/C49H49F3N10O7/c1-56-29-53-55-44(56)43(64)33-3-2-4-36(22-33)60-27-41-39(49(50,51)52)21-31(25-62(41)48(60)68)24-57-15-13-37(14-16-57)69-28-30-5-7-32(8-6-30)46(66)59-19-17-58(18-20-59)35-9-10-38-34(23-35)26-61(47(38)67)40-11-12-42(63)54-45(40)65/h2-10,21-23,25,27,29,37,40,43,64H,11-20,24,26,28H2,1H3,(H,54,63,65)/t40?,43-/m1/s1. The molecule has 3 aromatic carbocycles. The van der Waals surface area contributed by atoms with Crippen molar-refractivity contribution >= 4 is 34.8 Å². The van der Waals surface area contributed by atoms with Gasteiger partial charge >= 0.3 is 11.9 Å². The number of likely N-dealkylation sites (tertiary alicyclic amines) is 1. The summed E-state index contributed by atoms with van der Waals surface area (Å²) in [5.74, 6) is -0.788. The molecule has 3 saturated heterocycles. The molecule has 6 aromatic rings. The highest BCUT2D eigenvalue weighted by atomic mass is 19.4. The van der Waals surface area contributed by atoms with Crippen molar-refractivity contribution in [3.8, 4) is 5.69 Å². The number of piperidine rings is 2. The molecule has 0 radical (unpaired) electrons. The van der Waals surface area contributed by atoms with Crippen molar-refractivity contribution in [3.05, 3.63) is 147 Å². The number of aryl methyl sites for hydroxylation is 1. The molecule has 2 N–H and O–H groups in total. The fourth-order valence-corrected chi connectivity index (χ4v) is 9.84. The Balaban J connectivity index is 0.707. The van der Waals surface area contributed by atoms with Crippen molar-refractivity contribution in [2.24, 2.45) is 7.05 Å². The monoisotopic (exact) mass is 946 g/mol. The van der Waals surface area contributed by atoms with Crippen LogP contribution < -0.4 is 15.9 Å². The molecule has 3 fully saturated rings. The minimum absolute atomic E-state index is 0.0675. The van der Waals surface area contributed by atoms with Gasteiger partial charge in [0.2, 0.25) is 11.8 Å². The van der Waals surface area contributed by atoms with Crippen molar-refractivity contribution in [1.82, 2.24) is 43.7 Å². The van der Waals surface area contributed by atoms with Gasteiger partial charge < -0.3 is 29.1 Å². The van der Waals surface area contributed by atoms with E-state index in [1.54, 1.807) is 48.0 Å². The van der Waals surface area contributed by atoms with Crippen molar-refractivity contribution in [2.75, 3.05) is 44.2 Å². The number of ether oxygens (including phenoxy) is 1. The van der Waals surface area contributed by atoms with Crippen LogP contribution in [0.3, 0.4) is 0 Å². The smallest absolute Gasteiger partial charge is 0.380 e. The highest BCUT2D eigenvalue weighted by molar-refractivity contribution is 6.05. The number of imide groups is 1. The molecule has 4 aliphatic heterocycles. The second kappa shape index (κ2) is 18.4. The van der Waals surface area contributed by atoms with Gasteiger partial charge in [-0.3, -0.25) is 38.4 Å². The summed E-state index contributed by atoms with van der Waals surface area (Å²) < 4.78 is 53.6. The predicted molar refractivity (Wildman–Crippen MR) is 243 cm³/mol. The first-order valence-electron chi connectivity index (χ1n) is 22.9. The van der Waals surface area contributed by atoms with Gasteiger partial charge in [0.15, 0.2) is 5.82 Å². The summed E-state index contributed by atoms with van der Waals surface area (Å²) in [6.45, 7) is 4.23. The average molecular weight is 947 g/mol. The lowest BCUT2D eigenvalue weighted by molar-refractivity contribution is -0.137. The zero-order chi connectivity index (χ0) is 48.1. The van der Waals surface area contributed by atoms with E-state index in [4.69, 9.17) is 4.74 Å². The quantitative estimate of drug-likeness (QED) is 0.178. The number of aliphatic hydroxyl groups is 1. The number of benzene rings is 3. The number of carbonyl (C=O) groups excluding carboxylic acids is 4. The van der Waals surface area contributed by atoms with Gasteiger partial charge in [0.1, 0.15) is 18.5 Å². The van der Waals surface area contributed by atoms with E-state index in [0.29, 0.717) is 93.9 Å². The molecular formula is C49H49F3N10O7. The molecule has 358 valence electrons. The number of alkyl halides is 3. The Labute approximate surface area is 393 Å². The minimum Gasteiger partial charge on any atom is -0.380 e. The molecule has 0 aliphatic carbocycles. The molecule has 20 heteroatoms. The Bertz CT molecular complexity index is 3020. The van der Waals surface area contributed by atoms with Crippen LogP contribution in [0, 0.1) is 0 Å². The average Bonchev–Trinajstić information content (AvgIpc) is 4.04. The van der Waals surface area contributed by atoms with E-state index >= 15 is 0 Å². The number of aromatic nitrogens is 5. The van der Waals surface area contributed by atoms with Crippen LogP contribution in [0.1, 0.15) is 86.1 Å². The van der Waals surface area contributed by atoms with Crippen LogP contribution in [0.5, 0.6) is 0 Å². The van der Waals surface area contributed by atoms with Gasteiger partial charge in [0.05, 0.1) is 29.5 Å². The summed E-state index contributed by atoms with van der Waals surface area (Å²) in [5, 5.41) is 21.0. The lowest BCUT2D eigenvalue weighted by Crippen LogP contribution is -2.52. The molecule has 0 saturated carbocycles. The highest BCUT2D eigenvalue weighted by Crippen LogP contribution is 2.35. The molecule has 17 nitrogen and oxygen atoms in total. The number of amides is 4. The number of nitrogens with one attached hydrogen (secondary N) is 1. The summed E-state index contributed by atoms with van der Waals surface area (Å²) in [6.07, 6.45) is -0.0768. The van der Waals surface area contributed by atoms with Crippen LogP contribution in [0.4, 0.5) is 18.9 Å². The molecule has 7 heterocycles. The first kappa shape index (κ1) is 45.6. The van der Waals surface area contributed by atoms with Gasteiger partial charge in [0.25, 0.3) is 11.8 Å². The lowest BCUT2D eigenvalue weighted by Gasteiger charge is -2.36. The molecular weight excluding hydrogens is 898 g/mol. The fourth-order valence-electron chi connectivity index (χ4n) is 9.84. The number of halogens is 3. The summed E-state index contributed by atoms with van der Waals surface area (Å²) >= 11 is 0. The van der Waals surface area contributed by atoms with Gasteiger partial charge in [-0.05, 0) is 90.0 Å². The van der Waals surface area contributed by atoms with Gasteiger partial charge in [-0.2, -0.15) is 13.2 Å². The van der Waals surface area contributed by atoms with E-state index in [1.165, 1.54) is 29.7 Å². The van der Waals surface area contributed by atoms with Crippen LogP contribution in [-0.2, 0) is 47.2 Å². The summed E-state index contributed by atoms with van der Waals surface area (Å²) in [4.78, 5) is 72.1. The normalized spacial score (nSPS) is 18.8. The second-order valence-electron chi connectivity index (χ2n) is 18.1. The maximum Gasteiger partial charge on any atom is 0.418 e. The van der Waals surface area contributed by atoms with Crippen LogP contribution >= 0.6 is 0 Å². The van der Waals surface area contributed by atoms with Crippen LogP contribution in [0.15, 0.2) is 96.3 Å². The second-order valence-corrected chi connectivity index (χ2v) is 18.1. The number of aliphatic hydroxyl groups excluding tert-OH is 1. The number of rotatable bonds is 11. The molecule has 4 aliphatic rings. The maximum absolute atomic E-state index is 14.5. The van der Waals surface area contributed by atoms with Crippen molar-refractivity contribution in [2.45, 2.75) is 69.8 Å². The fraction of sp³-hybridized carbons (Fsp3) is 0.367. The van der Waals surface area contributed by atoms with Gasteiger partial charge in [-0.1, -0.05) is 24.3 Å². The number of imidazole rings is 1. The Morgan fingerprint density at radius 1 is 0.884 bits per heavy atom. The number of hydrogen-bond donors (Lipinski definition) is 2. The Morgan fingerprint density at radius 3 is 2.36 bits per heavy atom. The predicted octanol–water partition coefficient (Wildman–Crippen LogP) is 4.22. The first-order chi connectivity index (χ1) is 33.2. The van der Waals surface area contributed by atoms with Gasteiger partial charge in [0, 0.05) is 95.0 Å². The number of pyridine rings is 1. The van der Waals surface area contributed by atoms with Crippen molar-refractivity contribution < 1.29 is 42.2 Å². The van der Waals surface area contributed by atoms with Crippen LogP contribution in [0.2, 0.25) is 0 Å². The third-order valence-electron chi connectivity index (χ3n) is 13.7. The summed E-state index contributed by atoms with van der Waals surface area (Å²) in [5.41, 5.74) is 2.94. The largest absolute Gasteiger partial charge is 0.418 e. The maximum atomic E-state index is 14.5. The van der Waals surface area contributed by atoms with Gasteiger partial charge in [-0.15, -0.1) is 10.2 Å². The third kappa shape index (κ3) is 9.14. The van der Waals surface area contributed by atoms with Gasteiger partial charge in [-0.25, -0.2) is 4.79 Å². The minimum atomic E-state index is -4.73.